The lowest BCUT2D eigenvalue weighted by atomic mass is 10.1. The second-order valence-electron chi connectivity index (χ2n) is 4.62. The molecule has 104 valence electrons. The molecule has 5 heteroatoms. The van der Waals surface area contributed by atoms with E-state index in [1.165, 1.54) is 4.90 Å². The van der Waals surface area contributed by atoms with Gasteiger partial charge in [0.05, 0.1) is 25.4 Å². The fraction of sp³-hybridized carbons (Fsp3) is 0.500. The number of amides is 1. The van der Waals surface area contributed by atoms with E-state index in [-0.39, 0.29) is 12.6 Å². The van der Waals surface area contributed by atoms with Crippen LogP contribution in [0.4, 0.5) is 4.79 Å². The van der Waals surface area contributed by atoms with Crippen molar-refractivity contribution in [3.63, 3.8) is 0 Å². The molecule has 2 rings (SSSR count). The highest BCUT2D eigenvalue weighted by molar-refractivity contribution is 5.68. The molecule has 1 aromatic rings. The molecule has 19 heavy (non-hydrogen) atoms. The van der Waals surface area contributed by atoms with Crippen molar-refractivity contribution < 1.29 is 19.4 Å². The summed E-state index contributed by atoms with van der Waals surface area (Å²) in [6, 6.07) is 9.18. The third kappa shape index (κ3) is 3.68. The quantitative estimate of drug-likeness (QED) is 0.897. The minimum Gasteiger partial charge on any atom is -0.445 e. The number of carbonyl (C=O) groups is 1. The minimum absolute atomic E-state index is 0.240. The Labute approximate surface area is 112 Å². The van der Waals surface area contributed by atoms with E-state index in [1.54, 1.807) is 6.92 Å². The minimum atomic E-state index is -0.635. The smallest absolute Gasteiger partial charge is 0.410 e. The average molecular weight is 265 g/mol. The Morgan fingerprint density at radius 3 is 2.95 bits per heavy atom. The maximum absolute atomic E-state index is 12.0. The predicted molar refractivity (Wildman–Crippen MR) is 69.6 cm³/mol. The highest BCUT2D eigenvalue weighted by Crippen LogP contribution is 2.13. The van der Waals surface area contributed by atoms with Crippen molar-refractivity contribution in [1.29, 1.82) is 0 Å². The summed E-state index contributed by atoms with van der Waals surface area (Å²) in [7, 11) is 0. The molecular weight excluding hydrogens is 246 g/mol. The monoisotopic (exact) mass is 265 g/mol. The number of hydrogen-bond acceptors (Lipinski definition) is 4. The van der Waals surface area contributed by atoms with Gasteiger partial charge in [-0.05, 0) is 12.5 Å². The summed E-state index contributed by atoms with van der Waals surface area (Å²) in [5.74, 6) is 0. The van der Waals surface area contributed by atoms with Gasteiger partial charge >= 0.3 is 6.09 Å². The SMILES string of the molecule is CC(O)C1COCCN1C(=O)OCc1ccccc1. The molecule has 0 bridgehead atoms. The van der Waals surface area contributed by atoms with Gasteiger partial charge in [0, 0.05) is 6.54 Å². The number of carbonyl (C=O) groups excluding carboxylic acids is 1. The molecule has 1 fully saturated rings. The number of aliphatic hydroxyl groups excluding tert-OH is 1. The first-order valence-corrected chi connectivity index (χ1v) is 6.41. The summed E-state index contributed by atoms with van der Waals surface area (Å²) in [4.78, 5) is 13.6. The number of morpholine rings is 1. The largest absolute Gasteiger partial charge is 0.445 e. The molecule has 1 aliphatic heterocycles. The number of rotatable bonds is 3. The highest BCUT2D eigenvalue weighted by Gasteiger charge is 2.31. The summed E-state index contributed by atoms with van der Waals surface area (Å²) in [5.41, 5.74) is 0.942. The van der Waals surface area contributed by atoms with Gasteiger partial charge in [-0.3, -0.25) is 4.90 Å². The van der Waals surface area contributed by atoms with E-state index in [0.29, 0.717) is 19.8 Å². The Kier molecular flexibility index (Phi) is 4.76. The van der Waals surface area contributed by atoms with E-state index in [9.17, 15) is 9.90 Å². The Morgan fingerprint density at radius 2 is 2.26 bits per heavy atom. The van der Waals surface area contributed by atoms with Gasteiger partial charge in [-0.2, -0.15) is 0 Å². The van der Waals surface area contributed by atoms with Gasteiger partial charge in [0.15, 0.2) is 0 Å². The molecule has 2 unspecified atom stereocenters. The first-order chi connectivity index (χ1) is 9.18. The van der Waals surface area contributed by atoms with Crippen LogP contribution in [0.2, 0.25) is 0 Å². The van der Waals surface area contributed by atoms with Gasteiger partial charge in [-0.1, -0.05) is 30.3 Å². The molecule has 0 aliphatic carbocycles. The molecule has 5 nitrogen and oxygen atoms in total. The molecule has 0 saturated carbocycles. The van der Waals surface area contributed by atoms with Crippen LogP contribution in [0.15, 0.2) is 30.3 Å². The second kappa shape index (κ2) is 6.54. The topological polar surface area (TPSA) is 59.0 Å². The third-order valence-electron chi connectivity index (χ3n) is 3.16. The van der Waals surface area contributed by atoms with Crippen LogP contribution in [0.5, 0.6) is 0 Å². The first kappa shape index (κ1) is 13.8. The maximum Gasteiger partial charge on any atom is 0.410 e. The zero-order valence-corrected chi connectivity index (χ0v) is 11.0. The molecule has 1 aliphatic rings. The van der Waals surface area contributed by atoms with Crippen molar-refractivity contribution in [1.82, 2.24) is 4.90 Å². The van der Waals surface area contributed by atoms with Crippen molar-refractivity contribution in [3.05, 3.63) is 35.9 Å². The van der Waals surface area contributed by atoms with E-state index >= 15 is 0 Å². The van der Waals surface area contributed by atoms with Crippen LogP contribution < -0.4 is 0 Å². The summed E-state index contributed by atoms with van der Waals surface area (Å²) < 4.78 is 10.5. The Balaban J connectivity index is 1.91. The molecule has 0 spiro atoms. The average Bonchev–Trinajstić information content (AvgIpc) is 2.46. The van der Waals surface area contributed by atoms with Crippen LogP contribution >= 0.6 is 0 Å². The van der Waals surface area contributed by atoms with Crippen LogP contribution in [0.25, 0.3) is 0 Å². The highest BCUT2D eigenvalue weighted by atomic mass is 16.6. The van der Waals surface area contributed by atoms with Crippen LogP contribution in [0.3, 0.4) is 0 Å². The third-order valence-corrected chi connectivity index (χ3v) is 3.16. The lowest BCUT2D eigenvalue weighted by Gasteiger charge is -2.36. The lowest BCUT2D eigenvalue weighted by Crippen LogP contribution is -2.53. The summed E-state index contributed by atoms with van der Waals surface area (Å²) in [6.45, 7) is 3.16. The Morgan fingerprint density at radius 1 is 1.53 bits per heavy atom. The van der Waals surface area contributed by atoms with E-state index in [1.807, 2.05) is 30.3 Å². The van der Waals surface area contributed by atoms with Crippen LogP contribution in [-0.2, 0) is 16.1 Å². The number of nitrogens with zero attached hydrogens (tertiary/aromatic N) is 1. The van der Waals surface area contributed by atoms with Crippen molar-refractivity contribution in [2.45, 2.75) is 25.7 Å². The molecule has 2 atom stereocenters. The first-order valence-electron chi connectivity index (χ1n) is 6.41. The maximum atomic E-state index is 12.0. The summed E-state index contributed by atoms with van der Waals surface area (Å²) in [6.07, 6.45) is -1.04. The van der Waals surface area contributed by atoms with Gasteiger partial charge in [0.1, 0.15) is 6.61 Å². The van der Waals surface area contributed by atoms with E-state index in [0.717, 1.165) is 5.56 Å². The van der Waals surface area contributed by atoms with Crippen LogP contribution in [0.1, 0.15) is 12.5 Å². The van der Waals surface area contributed by atoms with Crippen molar-refractivity contribution in [2.24, 2.45) is 0 Å². The van der Waals surface area contributed by atoms with Crippen molar-refractivity contribution >= 4 is 6.09 Å². The van der Waals surface area contributed by atoms with Gasteiger partial charge in [0.25, 0.3) is 0 Å². The van der Waals surface area contributed by atoms with Crippen LogP contribution in [0, 0.1) is 0 Å². The Bertz CT molecular complexity index is 407. The Hall–Kier alpha value is -1.59. The van der Waals surface area contributed by atoms with Gasteiger partial charge < -0.3 is 14.6 Å². The zero-order valence-electron chi connectivity index (χ0n) is 11.0. The van der Waals surface area contributed by atoms with Crippen molar-refractivity contribution in [2.75, 3.05) is 19.8 Å². The van der Waals surface area contributed by atoms with E-state index in [4.69, 9.17) is 9.47 Å². The van der Waals surface area contributed by atoms with E-state index in [2.05, 4.69) is 0 Å². The molecular formula is C14H19NO4. The number of benzene rings is 1. The summed E-state index contributed by atoms with van der Waals surface area (Å²) in [5, 5.41) is 9.65. The fourth-order valence-electron chi connectivity index (χ4n) is 2.05. The fourth-order valence-corrected chi connectivity index (χ4v) is 2.05. The van der Waals surface area contributed by atoms with Crippen molar-refractivity contribution in [3.8, 4) is 0 Å². The molecule has 1 N–H and O–H groups in total. The standard InChI is InChI=1S/C14H19NO4/c1-11(16)13-10-18-8-7-15(13)14(17)19-9-12-5-3-2-4-6-12/h2-6,11,13,16H,7-10H2,1H3. The zero-order chi connectivity index (χ0) is 13.7. The predicted octanol–water partition coefficient (Wildman–Crippen LogP) is 1.40. The number of ether oxygens (including phenoxy) is 2. The molecule has 1 aromatic carbocycles. The second-order valence-corrected chi connectivity index (χ2v) is 4.62. The lowest BCUT2D eigenvalue weighted by molar-refractivity contribution is -0.0496. The van der Waals surface area contributed by atoms with Gasteiger partial charge in [-0.25, -0.2) is 4.79 Å². The number of aliphatic hydroxyl groups is 1. The van der Waals surface area contributed by atoms with Gasteiger partial charge in [-0.15, -0.1) is 0 Å². The normalized spacial score (nSPS) is 20.9. The molecule has 1 amide bonds. The van der Waals surface area contributed by atoms with Crippen LogP contribution in [-0.4, -0.2) is 48.0 Å². The van der Waals surface area contributed by atoms with Gasteiger partial charge in [0.2, 0.25) is 0 Å². The molecule has 0 aromatic heterocycles. The van der Waals surface area contributed by atoms with E-state index < -0.39 is 12.2 Å². The molecule has 1 heterocycles. The molecule has 0 radical (unpaired) electrons. The molecule has 1 saturated heterocycles. The number of hydrogen-bond donors (Lipinski definition) is 1. The summed E-state index contributed by atoms with van der Waals surface area (Å²) >= 11 is 0.